The molecule has 2 aliphatic rings. The van der Waals surface area contributed by atoms with Crippen molar-refractivity contribution in [3.8, 4) is 0 Å². The molecule has 2 aliphatic heterocycles. The number of fused-ring (bicyclic) bond motifs is 3. The molecule has 3 heterocycles. The highest BCUT2D eigenvalue weighted by atomic mass is 16.5. The molecule has 0 unspecified atom stereocenters. The summed E-state index contributed by atoms with van der Waals surface area (Å²) in [6.07, 6.45) is 0.852. The number of carboxylic acids is 1. The van der Waals surface area contributed by atoms with Gasteiger partial charge >= 0.3 is 5.97 Å². The molecule has 8 heteroatoms. The molecule has 1 N–H and O–H groups in total. The van der Waals surface area contributed by atoms with Crippen LogP contribution in [0.15, 0.2) is 6.07 Å². The number of nitrogens with zero attached hydrogens (tertiary/aromatic N) is 5. The molecule has 3 rings (SSSR count). The van der Waals surface area contributed by atoms with Crippen LogP contribution in [0.2, 0.25) is 0 Å². The Morgan fingerprint density at radius 1 is 1.32 bits per heavy atom. The van der Waals surface area contributed by atoms with Crippen molar-refractivity contribution in [1.82, 2.24) is 14.9 Å². The zero-order valence-corrected chi connectivity index (χ0v) is 15.2. The second-order valence-electron chi connectivity index (χ2n) is 7.05. The number of aromatic nitrogens is 2. The van der Waals surface area contributed by atoms with E-state index in [1.165, 1.54) is 0 Å². The van der Waals surface area contributed by atoms with Crippen LogP contribution in [0.1, 0.15) is 12.6 Å². The van der Waals surface area contributed by atoms with E-state index in [0.29, 0.717) is 19.2 Å². The lowest BCUT2D eigenvalue weighted by Crippen LogP contribution is -2.46. The van der Waals surface area contributed by atoms with Gasteiger partial charge in [-0.1, -0.05) is 6.92 Å². The Kier molecular flexibility index (Phi) is 5.39. The quantitative estimate of drug-likeness (QED) is 0.814. The summed E-state index contributed by atoms with van der Waals surface area (Å²) in [5.74, 6) is 1.12. The minimum atomic E-state index is -0.788. The Morgan fingerprint density at radius 2 is 2.12 bits per heavy atom. The van der Waals surface area contributed by atoms with Gasteiger partial charge in [-0.3, -0.25) is 9.69 Å². The van der Waals surface area contributed by atoms with Crippen LogP contribution in [-0.4, -0.2) is 85.5 Å². The van der Waals surface area contributed by atoms with Gasteiger partial charge in [-0.2, -0.15) is 4.98 Å². The molecule has 2 saturated heterocycles. The van der Waals surface area contributed by atoms with Crippen LogP contribution >= 0.6 is 0 Å². The van der Waals surface area contributed by atoms with Gasteiger partial charge in [0.15, 0.2) is 0 Å². The zero-order valence-electron chi connectivity index (χ0n) is 15.2. The summed E-state index contributed by atoms with van der Waals surface area (Å²) in [5.41, 5.74) is 1.02. The first-order valence-electron chi connectivity index (χ1n) is 8.80. The van der Waals surface area contributed by atoms with E-state index in [1.54, 1.807) is 0 Å². The predicted octanol–water partition coefficient (Wildman–Crippen LogP) is 0.327. The monoisotopic (exact) mass is 349 g/mol. The molecule has 0 radical (unpaired) electrons. The predicted molar refractivity (Wildman–Crippen MR) is 95.3 cm³/mol. The average Bonchev–Trinajstić information content (AvgIpc) is 2.83. The third kappa shape index (κ3) is 4.19. The van der Waals surface area contributed by atoms with Gasteiger partial charge in [0.05, 0.1) is 25.8 Å². The summed E-state index contributed by atoms with van der Waals surface area (Å²) in [5, 5.41) is 9.20. The number of hydrogen-bond donors (Lipinski definition) is 1. The molecule has 0 spiro atoms. The summed E-state index contributed by atoms with van der Waals surface area (Å²) < 4.78 is 5.76. The van der Waals surface area contributed by atoms with Crippen molar-refractivity contribution in [2.45, 2.75) is 19.4 Å². The summed E-state index contributed by atoms with van der Waals surface area (Å²) in [6, 6.07) is 2.11. The summed E-state index contributed by atoms with van der Waals surface area (Å²) in [6.45, 7) is 5.66. The second-order valence-corrected chi connectivity index (χ2v) is 7.05. The van der Waals surface area contributed by atoms with E-state index >= 15 is 0 Å². The van der Waals surface area contributed by atoms with Gasteiger partial charge < -0.3 is 19.6 Å². The fraction of sp³-hybridized carbons (Fsp3) is 0.706. The molecule has 138 valence electrons. The number of hydrogen-bond acceptors (Lipinski definition) is 7. The van der Waals surface area contributed by atoms with Crippen LogP contribution in [-0.2, 0) is 16.0 Å². The third-order valence-corrected chi connectivity index (χ3v) is 4.76. The van der Waals surface area contributed by atoms with Gasteiger partial charge in [-0.05, 0) is 6.42 Å². The van der Waals surface area contributed by atoms with Gasteiger partial charge in [-0.15, -0.1) is 0 Å². The largest absolute Gasteiger partial charge is 0.480 e. The van der Waals surface area contributed by atoms with Crippen molar-refractivity contribution in [2.24, 2.45) is 5.92 Å². The van der Waals surface area contributed by atoms with Crippen LogP contribution in [0.25, 0.3) is 0 Å². The first kappa shape index (κ1) is 17.9. The highest BCUT2D eigenvalue weighted by Gasteiger charge is 2.34. The smallest absolute Gasteiger partial charge is 0.317 e. The Bertz CT molecular complexity index is 624. The number of carbonyl (C=O) groups is 1. The van der Waals surface area contributed by atoms with Gasteiger partial charge in [0.1, 0.15) is 5.82 Å². The SMILES string of the molecule is CCc1cc(N2C[C@@H]3COC[C@H](C2)N(CC(=O)O)C3)nc(N(C)C)n1. The van der Waals surface area contributed by atoms with Crippen molar-refractivity contribution >= 4 is 17.7 Å². The minimum absolute atomic E-state index is 0.0608. The van der Waals surface area contributed by atoms with Crippen molar-refractivity contribution < 1.29 is 14.6 Å². The Hall–Kier alpha value is -1.93. The first-order valence-corrected chi connectivity index (χ1v) is 8.80. The van der Waals surface area contributed by atoms with E-state index in [1.807, 2.05) is 23.9 Å². The Labute approximate surface area is 148 Å². The molecule has 0 aromatic carbocycles. The van der Waals surface area contributed by atoms with Gasteiger partial charge in [-0.25, -0.2) is 4.98 Å². The number of rotatable bonds is 5. The van der Waals surface area contributed by atoms with Gasteiger partial charge in [0.2, 0.25) is 5.95 Å². The molecule has 25 heavy (non-hydrogen) atoms. The number of aryl methyl sites for hydroxylation is 1. The minimum Gasteiger partial charge on any atom is -0.480 e. The van der Waals surface area contributed by atoms with E-state index in [9.17, 15) is 9.90 Å². The molecule has 1 aromatic heterocycles. The van der Waals surface area contributed by atoms with E-state index in [0.717, 1.165) is 37.6 Å². The highest BCUT2D eigenvalue weighted by Crippen LogP contribution is 2.25. The maximum Gasteiger partial charge on any atom is 0.317 e. The van der Waals surface area contributed by atoms with Crippen LogP contribution in [0.3, 0.4) is 0 Å². The highest BCUT2D eigenvalue weighted by molar-refractivity contribution is 5.69. The Balaban J connectivity index is 1.88. The average molecular weight is 349 g/mol. The van der Waals surface area contributed by atoms with E-state index in [-0.39, 0.29) is 18.5 Å². The molecule has 2 fully saturated rings. The normalized spacial score (nSPS) is 24.0. The molecule has 2 bridgehead atoms. The standard InChI is InChI=1S/C17H27N5O3/c1-4-13-5-15(19-17(18-13)20(2)3)22-7-12-6-21(9-16(23)24)14(8-22)11-25-10-12/h5,12,14H,4,6-11H2,1-3H3,(H,23,24)/t12-,14+/m1/s1. The second kappa shape index (κ2) is 7.53. The molecular weight excluding hydrogens is 322 g/mol. The number of ether oxygens (including phenoxy) is 1. The van der Waals surface area contributed by atoms with Crippen molar-refractivity contribution in [2.75, 3.05) is 63.3 Å². The fourth-order valence-electron chi connectivity index (χ4n) is 3.50. The lowest BCUT2D eigenvalue weighted by atomic mass is 10.1. The van der Waals surface area contributed by atoms with Gasteiger partial charge in [0, 0.05) is 51.4 Å². The topological polar surface area (TPSA) is 82.0 Å². The number of anilines is 2. The summed E-state index contributed by atoms with van der Waals surface area (Å²) in [4.78, 5) is 26.7. The van der Waals surface area contributed by atoms with Crippen LogP contribution < -0.4 is 9.80 Å². The summed E-state index contributed by atoms with van der Waals surface area (Å²) in [7, 11) is 3.89. The zero-order chi connectivity index (χ0) is 18.0. The molecule has 0 aliphatic carbocycles. The van der Waals surface area contributed by atoms with E-state index < -0.39 is 5.97 Å². The van der Waals surface area contributed by atoms with E-state index in [2.05, 4.69) is 22.9 Å². The number of aliphatic carboxylic acids is 1. The van der Waals surface area contributed by atoms with Crippen molar-refractivity contribution in [1.29, 1.82) is 0 Å². The van der Waals surface area contributed by atoms with Crippen LogP contribution in [0.5, 0.6) is 0 Å². The lowest BCUT2D eigenvalue weighted by molar-refractivity contribution is -0.138. The number of carboxylic acid groups (broad SMARTS) is 1. The van der Waals surface area contributed by atoms with Crippen LogP contribution in [0.4, 0.5) is 11.8 Å². The molecular formula is C17H27N5O3. The van der Waals surface area contributed by atoms with Crippen molar-refractivity contribution in [3.63, 3.8) is 0 Å². The molecule has 8 nitrogen and oxygen atoms in total. The molecule has 1 aromatic rings. The first-order chi connectivity index (χ1) is 12.0. The Morgan fingerprint density at radius 3 is 2.80 bits per heavy atom. The fourth-order valence-corrected chi connectivity index (χ4v) is 3.50. The molecule has 0 amide bonds. The maximum absolute atomic E-state index is 11.2. The van der Waals surface area contributed by atoms with Crippen molar-refractivity contribution in [3.05, 3.63) is 11.8 Å². The van der Waals surface area contributed by atoms with Gasteiger partial charge in [0.25, 0.3) is 0 Å². The third-order valence-electron chi connectivity index (χ3n) is 4.76. The summed E-state index contributed by atoms with van der Waals surface area (Å²) >= 11 is 0. The maximum atomic E-state index is 11.2. The lowest BCUT2D eigenvalue weighted by Gasteiger charge is -2.31. The van der Waals surface area contributed by atoms with Crippen LogP contribution in [0, 0.1) is 5.92 Å². The van der Waals surface area contributed by atoms with E-state index in [4.69, 9.17) is 9.72 Å². The molecule has 0 saturated carbocycles. The molecule has 2 atom stereocenters.